The Labute approximate surface area is 200 Å². The number of aryl methyl sites for hydroxylation is 1. The molecule has 162 valence electrons. The van der Waals surface area contributed by atoms with E-state index in [-0.39, 0.29) is 24.8 Å². The molecule has 0 amide bonds. The molecule has 1 N–H and O–H groups in total. The Morgan fingerprint density at radius 2 is 1.73 bits per heavy atom. The van der Waals surface area contributed by atoms with Gasteiger partial charge in [-0.1, -0.05) is 46.3 Å². The second-order valence-corrected chi connectivity index (χ2v) is 8.56. The van der Waals surface area contributed by atoms with Crippen LogP contribution < -0.4 is 5.32 Å². The molecule has 3 nitrogen and oxygen atoms in total. The monoisotopic (exact) mass is 510 g/mol. The molecule has 0 saturated carbocycles. The van der Waals surface area contributed by atoms with Gasteiger partial charge in [0.25, 0.3) is 0 Å². The quantitative estimate of drug-likeness (QED) is 0.403. The molecular weight excluding hydrogens is 483 g/mol. The molecule has 0 radical (unpaired) electrons. The standard InChI is InChI=1S/C24H27BrN2O.2ClH/c1-18-15-20(25)7-9-23(18)24-10-8-22(28-24)16-26-21-11-13-27(14-12-21)17-19-5-3-2-4-6-19;;/h2-10,15,21,26H,11-14,16-17H2,1H3;2*1H. The van der Waals surface area contributed by atoms with Gasteiger partial charge in [0.05, 0.1) is 6.54 Å². The van der Waals surface area contributed by atoms with E-state index >= 15 is 0 Å². The molecule has 1 aliphatic heterocycles. The van der Waals surface area contributed by atoms with Crippen molar-refractivity contribution in [2.24, 2.45) is 0 Å². The van der Waals surface area contributed by atoms with Gasteiger partial charge in [-0.3, -0.25) is 4.90 Å². The van der Waals surface area contributed by atoms with Crippen molar-refractivity contribution in [1.29, 1.82) is 0 Å². The zero-order valence-electron chi connectivity index (χ0n) is 17.1. The number of piperidine rings is 1. The second kappa shape index (κ2) is 11.9. The van der Waals surface area contributed by atoms with E-state index in [1.54, 1.807) is 0 Å². The van der Waals surface area contributed by atoms with Crippen LogP contribution in [0.5, 0.6) is 0 Å². The van der Waals surface area contributed by atoms with Gasteiger partial charge in [-0.25, -0.2) is 0 Å². The van der Waals surface area contributed by atoms with Gasteiger partial charge in [0, 0.05) is 22.6 Å². The molecule has 0 aliphatic carbocycles. The Hall–Kier alpha value is -1.30. The summed E-state index contributed by atoms with van der Waals surface area (Å²) in [6.07, 6.45) is 2.37. The van der Waals surface area contributed by atoms with Crippen molar-refractivity contribution in [1.82, 2.24) is 10.2 Å². The smallest absolute Gasteiger partial charge is 0.134 e. The molecule has 6 heteroatoms. The molecule has 0 atom stereocenters. The predicted molar refractivity (Wildman–Crippen MR) is 133 cm³/mol. The van der Waals surface area contributed by atoms with E-state index in [9.17, 15) is 0 Å². The molecular formula is C24H29BrCl2N2O. The van der Waals surface area contributed by atoms with Gasteiger partial charge in [0.2, 0.25) is 0 Å². The molecule has 4 rings (SSSR count). The molecule has 2 heterocycles. The van der Waals surface area contributed by atoms with Gasteiger partial charge in [-0.15, -0.1) is 24.8 Å². The van der Waals surface area contributed by atoms with Crippen molar-refractivity contribution in [3.63, 3.8) is 0 Å². The molecule has 0 bridgehead atoms. The van der Waals surface area contributed by atoms with Crippen molar-refractivity contribution >= 4 is 40.7 Å². The molecule has 0 spiro atoms. The molecule has 3 aromatic rings. The molecule has 1 saturated heterocycles. The number of rotatable bonds is 6. The van der Waals surface area contributed by atoms with E-state index in [0.29, 0.717) is 6.04 Å². The van der Waals surface area contributed by atoms with E-state index in [1.807, 2.05) is 0 Å². The maximum absolute atomic E-state index is 6.09. The number of furan rings is 1. The lowest BCUT2D eigenvalue weighted by molar-refractivity contribution is 0.189. The molecule has 0 unspecified atom stereocenters. The molecule has 30 heavy (non-hydrogen) atoms. The van der Waals surface area contributed by atoms with Crippen LogP contribution in [0.15, 0.2) is 69.6 Å². The molecule has 1 aliphatic rings. The van der Waals surface area contributed by atoms with Crippen LogP contribution in [-0.2, 0) is 13.1 Å². The summed E-state index contributed by atoms with van der Waals surface area (Å²) in [7, 11) is 0. The van der Waals surface area contributed by atoms with Crippen LogP contribution in [0.4, 0.5) is 0 Å². The maximum atomic E-state index is 6.09. The normalized spacial score (nSPS) is 14.7. The number of halogens is 3. The first kappa shape index (κ1) is 25.0. The van der Waals surface area contributed by atoms with Gasteiger partial charge in [-0.05, 0) is 74.3 Å². The van der Waals surface area contributed by atoms with Gasteiger partial charge in [0.15, 0.2) is 0 Å². The number of hydrogen-bond acceptors (Lipinski definition) is 3. The highest BCUT2D eigenvalue weighted by molar-refractivity contribution is 9.10. The fraction of sp³-hybridized carbons (Fsp3) is 0.333. The largest absolute Gasteiger partial charge is 0.460 e. The lowest BCUT2D eigenvalue weighted by Gasteiger charge is -2.32. The Balaban J connectivity index is 0.00000160. The van der Waals surface area contributed by atoms with E-state index in [2.05, 4.69) is 93.7 Å². The highest BCUT2D eigenvalue weighted by Crippen LogP contribution is 2.28. The maximum Gasteiger partial charge on any atom is 0.134 e. The Morgan fingerprint density at radius 3 is 2.43 bits per heavy atom. The highest BCUT2D eigenvalue weighted by atomic mass is 79.9. The van der Waals surface area contributed by atoms with Crippen molar-refractivity contribution < 1.29 is 4.42 Å². The molecule has 1 aromatic heterocycles. The first-order chi connectivity index (χ1) is 13.7. The third-order valence-corrected chi connectivity index (χ3v) is 6.01. The zero-order chi connectivity index (χ0) is 19.3. The van der Waals surface area contributed by atoms with Crippen LogP contribution in [0.1, 0.15) is 29.7 Å². The van der Waals surface area contributed by atoms with Crippen LogP contribution in [0.3, 0.4) is 0 Å². The Morgan fingerprint density at radius 1 is 1.00 bits per heavy atom. The second-order valence-electron chi connectivity index (χ2n) is 7.64. The summed E-state index contributed by atoms with van der Waals surface area (Å²) in [5.41, 5.74) is 3.78. The summed E-state index contributed by atoms with van der Waals surface area (Å²) in [4.78, 5) is 2.55. The van der Waals surface area contributed by atoms with Crippen LogP contribution in [-0.4, -0.2) is 24.0 Å². The summed E-state index contributed by atoms with van der Waals surface area (Å²) < 4.78 is 7.19. The number of hydrogen-bond donors (Lipinski definition) is 1. The zero-order valence-corrected chi connectivity index (χ0v) is 20.4. The Bertz CT molecular complexity index is 909. The average Bonchev–Trinajstić information content (AvgIpc) is 3.17. The topological polar surface area (TPSA) is 28.4 Å². The SMILES string of the molecule is Cc1cc(Br)ccc1-c1ccc(CNC2CCN(Cc3ccccc3)CC2)o1.Cl.Cl. The third-order valence-electron chi connectivity index (χ3n) is 5.52. The van der Waals surface area contributed by atoms with E-state index in [1.165, 1.54) is 24.0 Å². The van der Waals surface area contributed by atoms with E-state index in [4.69, 9.17) is 4.42 Å². The van der Waals surface area contributed by atoms with Gasteiger partial charge in [0.1, 0.15) is 11.5 Å². The fourth-order valence-electron chi connectivity index (χ4n) is 3.90. The third kappa shape index (κ3) is 6.60. The predicted octanol–water partition coefficient (Wildman–Crippen LogP) is 6.62. The number of benzene rings is 2. The minimum atomic E-state index is 0. The van der Waals surface area contributed by atoms with Crippen molar-refractivity contribution in [3.8, 4) is 11.3 Å². The van der Waals surface area contributed by atoms with E-state index in [0.717, 1.165) is 47.7 Å². The molecule has 1 fully saturated rings. The average molecular weight is 512 g/mol. The van der Waals surface area contributed by atoms with Crippen LogP contribution in [0.2, 0.25) is 0 Å². The Kier molecular flexibility index (Phi) is 9.92. The van der Waals surface area contributed by atoms with Gasteiger partial charge < -0.3 is 9.73 Å². The minimum absolute atomic E-state index is 0. The van der Waals surface area contributed by atoms with Crippen LogP contribution >= 0.6 is 40.7 Å². The summed E-state index contributed by atoms with van der Waals surface area (Å²) in [5, 5.41) is 3.68. The number of likely N-dealkylation sites (tertiary alicyclic amines) is 1. The first-order valence-electron chi connectivity index (χ1n) is 10.0. The van der Waals surface area contributed by atoms with Crippen molar-refractivity contribution in [3.05, 3.63) is 82.0 Å². The van der Waals surface area contributed by atoms with Crippen LogP contribution in [0, 0.1) is 6.92 Å². The first-order valence-corrected chi connectivity index (χ1v) is 10.8. The lowest BCUT2D eigenvalue weighted by atomic mass is 10.0. The highest BCUT2D eigenvalue weighted by Gasteiger charge is 2.19. The number of nitrogens with zero attached hydrogens (tertiary/aromatic N) is 1. The van der Waals surface area contributed by atoms with Crippen molar-refractivity contribution in [2.45, 2.75) is 38.9 Å². The minimum Gasteiger partial charge on any atom is -0.460 e. The summed E-state index contributed by atoms with van der Waals surface area (Å²) in [6, 6.07) is 21.8. The summed E-state index contributed by atoms with van der Waals surface area (Å²) in [6.45, 7) is 6.26. The van der Waals surface area contributed by atoms with Crippen LogP contribution in [0.25, 0.3) is 11.3 Å². The fourth-order valence-corrected chi connectivity index (χ4v) is 4.38. The van der Waals surface area contributed by atoms with Gasteiger partial charge in [-0.2, -0.15) is 0 Å². The summed E-state index contributed by atoms with van der Waals surface area (Å²) in [5.74, 6) is 1.95. The summed E-state index contributed by atoms with van der Waals surface area (Å²) >= 11 is 3.52. The molecule has 2 aromatic carbocycles. The van der Waals surface area contributed by atoms with Gasteiger partial charge >= 0.3 is 0 Å². The number of nitrogens with one attached hydrogen (secondary N) is 1. The lowest BCUT2D eigenvalue weighted by Crippen LogP contribution is -2.41. The van der Waals surface area contributed by atoms with Crippen molar-refractivity contribution in [2.75, 3.05) is 13.1 Å². The van der Waals surface area contributed by atoms with E-state index < -0.39 is 0 Å².